The summed E-state index contributed by atoms with van der Waals surface area (Å²) in [6.07, 6.45) is 0.365. The number of carbonyl (C=O) groups excluding carboxylic acids is 1. The number of aromatic nitrogens is 3. The molecule has 0 bridgehead atoms. The molecule has 1 atom stereocenters. The third-order valence-electron chi connectivity index (χ3n) is 2.24. The first-order valence-electron chi connectivity index (χ1n) is 4.81. The van der Waals surface area contributed by atoms with E-state index in [1.54, 1.807) is 13.8 Å². The van der Waals surface area contributed by atoms with Gasteiger partial charge in [-0.1, -0.05) is 0 Å². The number of rotatable bonds is 1. The third-order valence-corrected chi connectivity index (χ3v) is 2.24. The van der Waals surface area contributed by atoms with Crippen molar-refractivity contribution < 1.29 is 4.79 Å². The molecule has 1 aromatic heterocycles. The number of carbonyl (C=O) groups is 1. The van der Waals surface area contributed by atoms with Crippen LogP contribution in [-0.2, 0) is 4.79 Å². The van der Waals surface area contributed by atoms with E-state index in [4.69, 9.17) is 5.73 Å². The van der Waals surface area contributed by atoms with Crippen LogP contribution in [0.5, 0.6) is 0 Å². The molecule has 80 valence electrons. The molecule has 1 aliphatic heterocycles. The summed E-state index contributed by atoms with van der Waals surface area (Å²) >= 11 is 0. The number of nitrogens with zero attached hydrogens (tertiary/aromatic N) is 4. The number of anilines is 1. The zero-order valence-corrected chi connectivity index (χ0v) is 8.77. The van der Waals surface area contributed by atoms with Crippen LogP contribution in [0.2, 0.25) is 0 Å². The second kappa shape index (κ2) is 3.54. The molecular formula is C9H13N5O. The van der Waals surface area contributed by atoms with Crippen LogP contribution in [0.25, 0.3) is 0 Å². The van der Waals surface area contributed by atoms with Gasteiger partial charge in [0.15, 0.2) is 0 Å². The summed E-state index contributed by atoms with van der Waals surface area (Å²) in [6.45, 7) is 4.04. The molecule has 6 nitrogen and oxygen atoms in total. The first-order chi connectivity index (χ1) is 7.06. The molecule has 1 fully saturated rings. The van der Waals surface area contributed by atoms with E-state index in [0.717, 1.165) is 0 Å². The molecule has 15 heavy (non-hydrogen) atoms. The lowest BCUT2D eigenvalue weighted by molar-refractivity contribution is -0.117. The summed E-state index contributed by atoms with van der Waals surface area (Å²) in [5.74, 6) is 1.63. The van der Waals surface area contributed by atoms with Gasteiger partial charge in [0.2, 0.25) is 11.9 Å². The standard InChI is InChI=1S/C9H13N5O/c1-5-11-6(2)13-9(12-5)14-4-7(10)3-8(14)15/h7H,3-4,10H2,1-2H3. The predicted molar refractivity (Wildman–Crippen MR) is 54.2 cm³/mol. The molecule has 0 aliphatic carbocycles. The van der Waals surface area contributed by atoms with Gasteiger partial charge in [-0.3, -0.25) is 9.69 Å². The summed E-state index contributed by atoms with van der Waals surface area (Å²) in [5, 5.41) is 0. The van der Waals surface area contributed by atoms with Crippen molar-refractivity contribution in [3.63, 3.8) is 0 Å². The van der Waals surface area contributed by atoms with Crippen molar-refractivity contribution in [2.24, 2.45) is 5.73 Å². The average Bonchev–Trinajstić information content (AvgIpc) is 2.43. The minimum Gasteiger partial charge on any atom is -0.326 e. The van der Waals surface area contributed by atoms with Crippen LogP contribution in [0.1, 0.15) is 18.1 Å². The van der Waals surface area contributed by atoms with Crippen LogP contribution >= 0.6 is 0 Å². The van der Waals surface area contributed by atoms with Crippen LogP contribution in [-0.4, -0.2) is 33.4 Å². The van der Waals surface area contributed by atoms with Crippen molar-refractivity contribution in [1.29, 1.82) is 0 Å². The lowest BCUT2D eigenvalue weighted by Crippen LogP contribution is -2.30. The normalized spacial score (nSPS) is 21.1. The second-order valence-corrected chi connectivity index (χ2v) is 3.70. The van der Waals surface area contributed by atoms with Crippen LogP contribution in [0, 0.1) is 13.8 Å². The van der Waals surface area contributed by atoms with Crippen LogP contribution in [0.4, 0.5) is 5.95 Å². The van der Waals surface area contributed by atoms with E-state index < -0.39 is 0 Å². The minimum absolute atomic E-state index is 0.0208. The number of aryl methyl sites for hydroxylation is 2. The Bertz CT molecular complexity index is 385. The quantitative estimate of drug-likeness (QED) is 0.674. The third kappa shape index (κ3) is 1.94. The van der Waals surface area contributed by atoms with E-state index >= 15 is 0 Å². The minimum atomic E-state index is -0.116. The second-order valence-electron chi connectivity index (χ2n) is 3.70. The van der Waals surface area contributed by atoms with Gasteiger partial charge in [-0.15, -0.1) is 0 Å². The first kappa shape index (κ1) is 9.97. The van der Waals surface area contributed by atoms with Crippen molar-refractivity contribution in [2.75, 3.05) is 11.4 Å². The van der Waals surface area contributed by atoms with E-state index in [2.05, 4.69) is 15.0 Å². The maximum Gasteiger partial charge on any atom is 0.235 e. The summed E-state index contributed by atoms with van der Waals surface area (Å²) in [5.41, 5.74) is 5.70. The van der Waals surface area contributed by atoms with Gasteiger partial charge < -0.3 is 5.73 Å². The zero-order chi connectivity index (χ0) is 11.0. The Kier molecular flexibility index (Phi) is 2.36. The molecule has 0 aromatic carbocycles. The number of hydrogen-bond donors (Lipinski definition) is 1. The number of hydrogen-bond acceptors (Lipinski definition) is 5. The van der Waals surface area contributed by atoms with Gasteiger partial charge in [0, 0.05) is 19.0 Å². The van der Waals surface area contributed by atoms with E-state index in [1.165, 1.54) is 4.90 Å². The summed E-state index contributed by atoms with van der Waals surface area (Å²) in [4.78, 5) is 25.4. The van der Waals surface area contributed by atoms with E-state index in [1.807, 2.05) is 0 Å². The highest BCUT2D eigenvalue weighted by Gasteiger charge is 2.30. The van der Waals surface area contributed by atoms with Crippen molar-refractivity contribution >= 4 is 11.9 Å². The number of nitrogens with two attached hydrogens (primary N) is 1. The lowest BCUT2D eigenvalue weighted by Gasteiger charge is -2.13. The summed E-state index contributed by atoms with van der Waals surface area (Å²) < 4.78 is 0. The van der Waals surface area contributed by atoms with E-state index in [0.29, 0.717) is 30.6 Å². The van der Waals surface area contributed by atoms with Gasteiger partial charge in [0.1, 0.15) is 11.6 Å². The Morgan fingerprint density at radius 1 is 1.27 bits per heavy atom. The van der Waals surface area contributed by atoms with Gasteiger partial charge in [0.25, 0.3) is 0 Å². The fourth-order valence-electron chi connectivity index (χ4n) is 1.65. The Morgan fingerprint density at radius 2 is 1.87 bits per heavy atom. The fourth-order valence-corrected chi connectivity index (χ4v) is 1.65. The molecule has 2 rings (SSSR count). The zero-order valence-electron chi connectivity index (χ0n) is 8.77. The van der Waals surface area contributed by atoms with Crippen LogP contribution < -0.4 is 10.6 Å². The Morgan fingerprint density at radius 3 is 2.33 bits per heavy atom. The molecule has 1 saturated heterocycles. The van der Waals surface area contributed by atoms with Crippen molar-refractivity contribution in [1.82, 2.24) is 15.0 Å². The molecule has 0 spiro atoms. The summed E-state index contributed by atoms with van der Waals surface area (Å²) in [6, 6.07) is -0.116. The lowest BCUT2D eigenvalue weighted by atomic mass is 10.3. The molecule has 1 aromatic rings. The highest BCUT2D eigenvalue weighted by atomic mass is 16.2. The predicted octanol–water partition coefficient (Wildman–Crippen LogP) is -0.448. The molecule has 2 heterocycles. The number of amides is 1. The van der Waals surface area contributed by atoms with Crippen LogP contribution in [0.15, 0.2) is 0 Å². The summed E-state index contributed by atoms with van der Waals surface area (Å²) in [7, 11) is 0. The molecule has 0 saturated carbocycles. The van der Waals surface area contributed by atoms with Gasteiger partial charge >= 0.3 is 0 Å². The first-order valence-corrected chi connectivity index (χ1v) is 4.81. The largest absolute Gasteiger partial charge is 0.326 e. The van der Waals surface area contributed by atoms with Crippen molar-refractivity contribution in [3.05, 3.63) is 11.6 Å². The average molecular weight is 207 g/mol. The van der Waals surface area contributed by atoms with Crippen LogP contribution in [0.3, 0.4) is 0 Å². The molecule has 1 unspecified atom stereocenters. The molecule has 6 heteroatoms. The topological polar surface area (TPSA) is 85.0 Å². The molecule has 1 amide bonds. The molecule has 0 radical (unpaired) electrons. The molecule has 1 aliphatic rings. The molecular weight excluding hydrogens is 194 g/mol. The Balaban J connectivity index is 2.33. The van der Waals surface area contributed by atoms with Gasteiger partial charge in [-0.25, -0.2) is 4.98 Å². The van der Waals surface area contributed by atoms with E-state index in [-0.39, 0.29) is 11.9 Å². The van der Waals surface area contributed by atoms with Gasteiger partial charge in [-0.05, 0) is 13.8 Å². The highest BCUT2D eigenvalue weighted by molar-refractivity contribution is 5.94. The van der Waals surface area contributed by atoms with Crippen molar-refractivity contribution in [3.8, 4) is 0 Å². The van der Waals surface area contributed by atoms with Gasteiger partial charge in [0.05, 0.1) is 0 Å². The SMILES string of the molecule is Cc1nc(C)nc(N2CC(N)CC2=O)n1. The highest BCUT2D eigenvalue weighted by Crippen LogP contribution is 2.16. The smallest absolute Gasteiger partial charge is 0.235 e. The Hall–Kier alpha value is -1.56. The fraction of sp³-hybridized carbons (Fsp3) is 0.556. The molecule has 2 N–H and O–H groups in total. The maximum atomic E-state index is 11.6. The monoisotopic (exact) mass is 207 g/mol. The van der Waals surface area contributed by atoms with Crippen molar-refractivity contribution in [2.45, 2.75) is 26.3 Å². The Labute approximate surface area is 87.5 Å². The van der Waals surface area contributed by atoms with Gasteiger partial charge in [-0.2, -0.15) is 9.97 Å². The maximum absolute atomic E-state index is 11.6. The van der Waals surface area contributed by atoms with E-state index in [9.17, 15) is 4.79 Å².